The molecule has 1 aromatic rings. The van der Waals surface area contributed by atoms with Crippen LogP contribution in [-0.4, -0.2) is 66.7 Å². The first-order valence-electron chi connectivity index (χ1n) is 8.64. The van der Waals surface area contributed by atoms with Gasteiger partial charge in [0.25, 0.3) is 5.91 Å². The van der Waals surface area contributed by atoms with Crippen LogP contribution in [0.3, 0.4) is 0 Å². The van der Waals surface area contributed by atoms with Crippen LogP contribution < -0.4 is 10.1 Å². The molecule has 0 radical (unpaired) electrons. The quantitative estimate of drug-likeness (QED) is 0.664. The van der Waals surface area contributed by atoms with E-state index in [2.05, 4.69) is 5.32 Å². The van der Waals surface area contributed by atoms with Crippen LogP contribution >= 0.6 is 0 Å². The summed E-state index contributed by atoms with van der Waals surface area (Å²) in [4.78, 5) is 37.0. The fraction of sp³-hybridized carbons (Fsp3) is 0.500. The zero-order valence-electron chi connectivity index (χ0n) is 14.8. The van der Waals surface area contributed by atoms with Crippen LogP contribution in [0, 0.1) is 0 Å². The van der Waals surface area contributed by atoms with E-state index in [1.165, 1.54) is 4.90 Å². The third kappa shape index (κ3) is 5.19. The number of benzene rings is 1. The summed E-state index contributed by atoms with van der Waals surface area (Å²) in [5, 5.41) is 11.9. The number of aliphatic carboxylic acids is 1. The largest absolute Gasteiger partial charge is 0.493 e. The monoisotopic (exact) mass is 364 g/mol. The number of ether oxygens (including phenoxy) is 2. The van der Waals surface area contributed by atoms with Gasteiger partial charge in [-0.05, 0) is 25.5 Å². The second kappa shape index (κ2) is 9.76. The molecule has 2 rings (SSSR count). The maximum atomic E-state index is 12.2. The zero-order valence-corrected chi connectivity index (χ0v) is 14.8. The number of carboxylic acids is 1. The summed E-state index contributed by atoms with van der Waals surface area (Å²) in [5.41, 5.74) is 0.444. The first kappa shape index (κ1) is 19.7. The molecule has 0 aliphatic carbocycles. The number of nitrogens with one attached hydrogen (secondary N) is 1. The molecule has 1 aliphatic rings. The van der Waals surface area contributed by atoms with E-state index in [-0.39, 0.29) is 31.4 Å². The lowest BCUT2D eigenvalue weighted by Crippen LogP contribution is -2.52. The predicted octanol–water partition coefficient (Wildman–Crippen LogP) is 0.907. The normalized spacial score (nSPS) is 16.8. The summed E-state index contributed by atoms with van der Waals surface area (Å²) in [5.74, 6) is -1.07. The van der Waals surface area contributed by atoms with E-state index in [1.807, 2.05) is 6.92 Å². The number of hydrogen-bond donors (Lipinski definition) is 2. The average Bonchev–Trinajstić information content (AvgIpc) is 2.65. The van der Waals surface area contributed by atoms with Crippen molar-refractivity contribution in [2.75, 3.05) is 32.9 Å². The van der Waals surface area contributed by atoms with E-state index >= 15 is 0 Å². The number of carboxylic acid groups (broad SMARTS) is 1. The van der Waals surface area contributed by atoms with Gasteiger partial charge in [-0.3, -0.25) is 9.59 Å². The van der Waals surface area contributed by atoms with Crippen molar-refractivity contribution in [1.29, 1.82) is 0 Å². The number of carbonyl (C=O) groups is 3. The smallest absolute Gasteiger partial charge is 0.328 e. The van der Waals surface area contributed by atoms with Crippen LogP contribution in [0.2, 0.25) is 0 Å². The van der Waals surface area contributed by atoms with Crippen LogP contribution in [0.15, 0.2) is 24.3 Å². The van der Waals surface area contributed by atoms with Gasteiger partial charge in [0.05, 0.1) is 25.4 Å². The lowest BCUT2D eigenvalue weighted by Gasteiger charge is -2.32. The summed E-state index contributed by atoms with van der Waals surface area (Å²) in [6, 6.07) is 6.01. The van der Waals surface area contributed by atoms with Crippen LogP contribution in [0.25, 0.3) is 0 Å². The van der Waals surface area contributed by atoms with Crippen molar-refractivity contribution in [3.05, 3.63) is 29.8 Å². The van der Waals surface area contributed by atoms with E-state index in [9.17, 15) is 14.4 Å². The Hall–Kier alpha value is -2.61. The highest BCUT2D eigenvalue weighted by molar-refractivity contribution is 5.96. The number of amides is 2. The van der Waals surface area contributed by atoms with Crippen LogP contribution in [0.5, 0.6) is 5.75 Å². The Kier molecular flexibility index (Phi) is 7.40. The fourth-order valence-corrected chi connectivity index (χ4v) is 2.72. The van der Waals surface area contributed by atoms with Crippen molar-refractivity contribution in [3.63, 3.8) is 0 Å². The van der Waals surface area contributed by atoms with Gasteiger partial charge in [-0.1, -0.05) is 12.1 Å². The van der Waals surface area contributed by atoms with Crippen molar-refractivity contribution in [2.45, 2.75) is 25.8 Å². The lowest BCUT2D eigenvalue weighted by atomic mass is 10.1. The molecule has 1 aliphatic heterocycles. The van der Waals surface area contributed by atoms with Crippen LogP contribution in [0.4, 0.5) is 0 Å². The van der Waals surface area contributed by atoms with Gasteiger partial charge in [-0.2, -0.15) is 0 Å². The Morgan fingerprint density at radius 3 is 2.85 bits per heavy atom. The summed E-state index contributed by atoms with van der Waals surface area (Å²) in [6.07, 6.45) is 0.586. The summed E-state index contributed by atoms with van der Waals surface area (Å²) in [6.45, 7) is 3.23. The van der Waals surface area contributed by atoms with E-state index in [4.69, 9.17) is 14.6 Å². The van der Waals surface area contributed by atoms with E-state index in [1.54, 1.807) is 24.3 Å². The van der Waals surface area contributed by atoms with Crippen molar-refractivity contribution < 1.29 is 29.0 Å². The summed E-state index contributed by atoms with van der Waals surface area (Å²) >= 11 is 0. The van der Waals surface area contributed by atoms with Gasteiger partial charge < -0.3 is 24.8 Å². The maximum absolute atomic E-state index is 12.2. The molecular formula is C18H24N2O6. The standard InChI is InChI=1S/C18H24N2O6/c1-2-26-15-7-4-3-6-13(15)17(22)19-9-5-8-16(21)20-10-11-25-12-14(20)18(23)24/h3-4,6-7,14H,2,5,8-12H2,1H3,(H,19,22)(H,23,24). The van der Waals surface area contributed by atoms with Gasteiger partial charge in [0.1, 0.15) is 5.75 Å². The maximum Gasteiger partial charge on any atom is 0.328 e. The van der Waals surface area contributed by atoms with Gasteiger partial charge in [0.2, 0.25) is 5.91 Å². The molecule has 26 heavy (non-hydrogen) atoms. The van der Waals surface area contributed by atoms with E-state index in [0.29, 0.717) is 37.5 Å². The Bertz CT molecular complexity index is 648. The van der Waals surface area contributed by atoms with E-state index in [0.717, 1.165) is 0 Å². The molecule has 8 heteroatoms. The highest BCUT2D eigenvalue weighted by Gasteiger charge is 2.32. The van der Waals surface area contributed by atoms with Crippen molar-refractivity contribution in [3.8, 4) is 5.75 Å². The number of rotatable bonds is 8. The second-order valence-electron chi connectivity index (χ2n) is 5.80. The lowest BCUT2D eigenvalue weighted by molar-refractivity contribution is -0.158. The van der Waals surface area contributed by atoms with Crippen molar-refractivity contribution in [1.82, 2.24) is 10.2 Å². The topological polar surface area (TPSA) is 105 Å². The number of morpholine rings is 1. The zero-order chi connectivity index (χ0) is 18.9. The van der Waals surface area contributed by atoms with Gasteiger partial charge in [0, 0.05) is 19.5 Å². The molecule has 0 aromatic heterocycles. The molecule has 1 aromatic carbocycles. The van der Waals surface area contributed by atoms with Gasteiger partial charge >= 0.3 is 5.97 Å². The molecule has 142 valence electrons. The number of nitrogens with zero attached hydrogens (tertiary/aromatic N) is 1. The number of para-hydroxylation sites is 1. The fourth-order valence-electron chi connectivity index (χ4n) is 2.72. The molecule has 2 amide bonds. The molecule has 0 bridgehead atoms. The minimum Gasteiger partial charge on any atom is -0.493 e. The molecule has 2 N–H and O–H groups in total. The Labute approximate surface area is 152 Å². The van der Waals surface area contributed by atoms with Crippen LogP contribution in [0.1, 0.15) is 30.1 Å². The Morgan fingerprint density at radius 1 is 1.35 bits per heavy atom. The molecule has 0 spiro atoms. The Balaban J connectivity index is 1.80. The molecule has 1 saturated heterocycles. The Morgan fingerprint density at radius 2 is 2.12 bits per heavy atom. The molecule has 1 heterocycles. The SMILES string of the molecule is CCOc1ccccc1C(=O)NCCCC(=O)N1CCOCC1C(=O)O. The first-order valence-corrected chi connectivity index (χ1v) is 8.64. The van der Waals surface area contributed by atoms with Crippen LogP contribution in [-0.2, 0) is 14.3 Å². The van der Waals surface area contributed by atoms with E-state index < -0.39 is 12.0 Å². The highest BCUT2D eigenvalue weighted by atomic mass is 16.5. The minimum absolute atomic E-state index is 0.00597. The van der Waals surface area contributed by atoms with Crippen molar-refractivity contribution >= 4 is 17.8 Å². The second-order valence-corrected chi connectivity index (χ2v) is 5.80. The van der Waals surface area contributed by atoms with Gasteiger partial charge in [-0.15, -0.1) is 0 Å². The average molecular weight is 364 g/mol. The summed E-state index contributed by atoms with van der Waals surface area (Å²) < 4.78 is 10.5. The number of hydrogen-bond acceptors (Lipinski definition) is 5. The molecule has 1 unspecified atom stereocenters. The van der Waals surface area contributed by atoms with Gasteiger partial charge in [0.15, 0.2) is 6.04 Å². The highest BCUT2D eigenvalue weighted by Crippen LogP contribution is 2.17. The predicted molar refractivity (Wildman–Crippen MR) is 93.1 cm³/mol. The minimum atomic E-state index is -1.07. The number of carbonyl (C=O) groups excluding carboxylic acids is 2. The third-order valence-electron chi connectivity index (χ3n) is 4.02. The molecule has 1 fully saturated rings. The van der Waals surface area contributed by atoms with Crippen molar-refractivity contribution in [2.24, 2.45) is 0 Å². The first-order chi connectivity index (χ1) is 12.5. The molecule has 8 nitrogen and oxygen atoms in total. The van der Waals surface area contributed by atoms with Gasteiger partial charge in [-0.25, -0.2) is 4.79 Å². The molecule has 0 saturated carbocycles. The molecule has 1 atom stereocenters. The summed E-state index contributed by atoms with van der Waals surface area (Å²) in [7, 11) is 0. The third-order valence-corrected chi connectivity index (χ3v) is 4.02. The molecular weight excluding hydrogens is 340 g/mol.